The second-order valence-corrected chi connectivity index (χ2v) is 34.6. The Balaban J connectivity index is 0.000000231. The Morgan fingerprint density at radius 1 is 0.331 bits per heavy atom. The number of carbonyl (C=O) groups excluding carboxylic acids is 4. The van der Waals surface area contributed by atoms with Crippen LogP contribution < -0.4 is 91.1 Å². The quantitative estimate of drug-likeness (QED) is 0.0143. The van der Waals surface area contributed by atoms with E-state index in [0.717, 1.165) is 130 Å². The van der Waals surface area contributed by atoms with Gasteiger partial charge in [0, 0.05) is 78.5 Å². The van der Waals surface area contributed by atoms with E-state index in [1.54, 1.807) is 45.5 Å². The molecule has 8 amide bonds. The zero-order chi connectivity index (χ0) is 104. The van der Waals surface area contributed by atoms with Crippen LogP contribution >= 0.6 is 24.4 Å². The number of thiocarbonyl (C=S) groups is 2. The molecule has 0 spiro atoms. The molecule has 0 heterocycles. The van der Waals surface area contributed by atoms with E-state index in [-0.39, 0.29) is 60.2 Å². The zero-order valence-corrected chi connectivity index (χ0v) is 86.4. The van der Waals surface area contributed by atoms with Crippen LogP contribution in [0.2, 0.25) is 0 Å². The van der Waals surface area contributed by atoms with Crippen molar-refractivity contribution >= 4 is 92.7 Å². The highest BCUT2D eigenvalue weighted by molar-refractivity contribution is 7.80. The Hall–Kier alpha value is -14.5. The molecule has 12 rings (SSSR count). The van der Waals surface area contributed by atoms with Gasteiger partial charge < -0.3 is 91.1 Å². The van der Waals surface area contributed by atoms with Crippen molar-refractivity contribution in [3.05, 3.63) is 341 Å². The molecule has 142 heavy (non-hydrogen) atoms. The van der Waals surface area contributed by atoms with E-state index in [9.17, 15) is 45.5 Å². The van der Waals surface area contributed by atoms with Gasteiger partial charge in [-0.15, -0.1) is 0 Å². The largest absolute Gasteiger partial charge is 0.495 e. The average Bonchev–Trinajstić information content (AvgIpc) is 0.802. The molecule has 0 fully saturated rings. The summed E-state index contributed by atoms with van der Waals surface area (Å²) >= 11 is 10.5. The van der Waals surface area contributed by atoms with E-state index in [4.69, 9.17) is 62.3 Å². The van der Waals surface area contributed by atoms with Crippen molar-refractivity contribution < 1.29 is 83.4 Å². The molecule has 0 saturated carbocycles. The lowest BCUT2D eigenvalue weighted by molar-refractivity contribution is -0.137. The first kappa shape index (κ1) is 114. The summed E-state index contributed by atoms with van der Waals surface area (Å²) < 4.78 is 126. The maximum atomic E-state index is 13.5. The van der Waals surface area contributed by atoms with Crippen LogP contribution in [0.5, 0.6) is 46.0 Å². The van der Waals surface area contributed by atoms with Gasteiger partial charge in [-0.2, -0.15) is 13.2 Å². The van der Waals surface area contributed by atoms with Crippen LogP contribution in [-0.2, 0) is 45.8 Å². The highest BCUT2D eigenvalue weighted by Gasteiger charge is 2.35. The molecule has 0 aliphatic carbocycles. The topological polar surface area (TPSA) is 262 Å². The average molecular weight is 1990 g/mol. The number of carbonyl (C=O) groups is 4. The van der Waals surface area contributed by atoms with Gasteiger partial charge >= 0.3 is 30.3 Å². The fourth-order valence-electron chi connectivity index (χ4n) is 14.2. The number of methoxy groups -OCH3 is 1. The first-order valence-corrected chi connectivity index (χ1v) is 47.1. The van der Waals surface area contributed by atoms with Crippen LogP contribution in [0.4, 0.5) is 79.6 Å². The molecular formula is C112H132F6N10O12S2. The number of rotatable bonds is 31. The summed E-state index contributed by atoms with van der Waals surface area (Å²) in [4.78, 5) is 48.1. The lowest BCUT2D eigenvalue weighted by Crippen LogP contribution is -2.27. The lowest BCUT2D eigenvalue weighted by Gasteiger charge is -2.18. The predicted octanol–water partition coefficient (Wildman–Crippen LogP) is 28.2. The summed E-state index contributed by atoms with van der Waals surface area (Å²) in [5.41, 5.74) is 20.5. The molecule has 0 saturated heterocycles. The second-order valence-electron chi connectivity index (χ2n) is 33.6. The maximum Gasteiger partial charge on any atom is 0.418 e. The van der Waals surface area contributed by atoms with E-state index in [0.29, 0.717) is 72.3 Å². The minimum absolute atomic E-state index is 0.0732. The SMILES string of the molecule is CCC(=S)Nc1ccc(C(C)C)cc1COc1ccc(C)cc1C.CCC(=S)Nc1ccc(F)cc1COc1ccc(C)cc1C.CCOc1cccc(COc2ccc(C)cc2C)c1NC(=O)NC.CNC(=O)Nc1c(COc2ccc(C)cc2C)cccc1C(F)(F)F.CNC(=O)Nc1c(COc2ccc(C)cc2C)cccc1C(F)F.CNC(=O)Nc1c(COc2ccc(C)cc2C)cccc1OC. The Morgan fingerprint density at radius 3 is 0.944 bits per heavy atom. The molecule has 10 N–H and O–H groups in total. The maximum absolute atomic E-state index is 13.5. The smallest absolute Gasteiger partial charge is 0.418 e. The van der Waals surface area contributed by atoms with E-state index < -0.39 is 30.2 Å². The van der Waals surface area contributed by atoms with Gasteiger partial charge in [0.2, 0.25) is 0 Å². The van der Waals surface area contributed by atoms with Crippen LogP contribution in [0.3, 0.4) is 0 Å². The Labute approximate surface area is 841 Å². The minimum Gasteiger partial charge on any atom is -0.495 e. The molecule has 0 aliphatic heterocycles. The number of urea groups is 4. The molecule has 30 heteroatoms. The molecule has 0 aliphatic rings. The van der Waals surface area contributed by atoms with Gasteiger partial charge in [0.15, 0.2) is 0 Å². The molecule has 0 radical (unpaired) electrons. The third kappa shape index (κ3) is 36.6. The molecule has 22 nitrogen and oxygen atoms in total. The zero-order valence-electron chi connectivity index (χ0n) is 84.8. The number of alkyl halides is 5. The van der Waals surface area contributed by atoms with Gasteiger partial charge in [0.05, 0.1) is 52.0 Å². The number of hydrogen-bond donors (Lipinski definition) is 10. The Morgan fingerprint density at radius 2 is 0.627 bits per heavy atom. The van der Waals surface area contributed by atoms with Gasteiger partial charge in [0.1, 0.15) is 91.5 Å². The number of hydrogen-bond acceptors (Lipinski definition) is 14. The first-order chi connectivity index (χ1) is 67.6. The Bertz CT molecular complexity index is 6210. The van der Waals surface area contributed by atoms with E-state index in [1.165, 1.54) is 78.3 Å². The monoisotopic (exact) mass is 1990 g/mol. The van der Waals surface area contributed by atoms with Crippen LogP contribution in [0.15, 0.2) is 218 Å². The molecule has 12 aromatic rings. The highest BCUT2D eigenvalue weighted by Crippen LogP contribution is 2.40. The number of benzene rings is 12. The van der Waals surface area contributed by atoms with Crippen molar-refractivity contribution in [2.45, 2.75) is 189 Å². The van der Waals surface area contributed by atoms with Gasteiger partial charge in [-0.05, 0) is 227 Å². The van der Waals surface area contributed by atoms with E-state index in [2.05, 4.69) is 136 Å². The summed E-state index contributed by atoms with van der Waals surface area (Å²) in [5, 5.41) is 26.5. The van der Waals surface area contributed by atoms with Crippen LogP contribution in [0.1, 0.15) is 177 Å². The number of para-hydroxylation sites is 4. The van der Waals surface area contributed by atoms with Crippen molar-refractivity contribution in [2.24, 2.45) is 0 Å². The van der Waals surface area contributed by atoms with Gasteiger partial charge in [0.25, 0.3) is 6.43 Å². The Kier molecular flexibility index (Phi) is 46.2. The summed E-state index contributed by atoms with van der Waals surface area (Å²) in [6.07, 6.45) is -5.72. The molecule has 0 atom stereocenters. The minimum atomic E-state index is -4.59. The highest BCUT2D eigenvalue weighted by atomic mass is 32.1. The molecule has 0 aromatic heterocycles. The van der Waals surface area contributed by atoms with Crippen molar-refractivity contribution in [3.8, 4) is 46.0 Å². The van der Waals surface area contributed by atoms with Crippen molar-refractivity contribution in [2.75, 3.05) is 73.8 Å². The van der Waals surface area contributed by atoms with E-state index in [1.807, 2.05) is 186 Å². The lowest BCUT2D eigenvalue weighted by atomic mass is 10.00. The molecule has 12 aromatic carbocycles. The third-order valence-corrected chi connectivity index (χ3v) is 22.6. The fraction of sp³-hybridized carbons (Fsp3) is 0.304. The summed E-state index contributed by atoms with van der Waals surface area (Å²) in [7, 11) is 7.46. The first-order valence-electron chi connectivity index (χ1n) is 46.3. The van der Waals surface area contributed by atoms with Gasteiger partial charge in [-0.1, -0.05) is 225 Å². The number of amides is 8. The molecule has 756 valence electrons. The number of aryl methyl sites for hydroxylation is 12. The van der Waals surface area contributed by atoms with Crippen LogP contribution in [0, 0.1) is 88.9 Å². The van der Waals surface area contributed by atoms with Crippen LogP contribution in [-0.4, -0.2) is 76.0 Å². The standard InChI is InChI=1S/C21H27NOS.C19H24N2O3.C18H19F3N2O2.C18H20F2N2O2.C18H20FNOS.C18H22N2O3/c1-6-21(24)22-19-9-8-17(14(2)3)12-18(19)13-23-20-10-7-15(4)11-16(20)5;1-5-23-17-8-6-7-15(18(17)21-19(22)20-4)12-24-16-10-9-13(2)11-14(16)3;1-11-7-8-15(12(2)9-11)25-10-13-5-4-6-14(18(19,20)21)16(13)23-17(24)22-3;1-11-7-8-15(12(2)9-11)24-10-13-5-4-6-14(17(19)20)16(13)22-18(23)21-3;1-4-18(22)20-16-7-6-15(19)10-14(16)11-21-17-8-5-12(2)9-13(17)3;1-12-8-9-15(13(2)10-12)23-11-14-6-5-7-16(22-4)17(14)20-18(21)19-3/h7-12,14H,6,13H2,1-5H3,(H,22,24);6-11H,5,12H2,1-4H3,(H2,20,21,22);4-9H,10H2,1-3H3,(H2,22,23,24);4-9,17H,10H2,1-3H3,(H2,21,22,23);5-10H,4,11H2,1-3H3,(H,20,22);5-10H,11H2,1-4H3,(H2,19,20,21). The fourth-order valence-corrected chi connectivity index (χ4v) is 14.4. The summed E-state index contributed by atoms with van der Waals surface area (Å²) in [6, 6.07) is 64.2. The number of anilines is 6. The van der Waals surface area contributed by atoms with E-state index >= 15 is 0 Å². The third-order valence-electron chi connectivity index (χ3n) is 21.8. The second kappa shape index (κ2) is 57.3. The number of halogens is 6. The molecule has 0 bridgehead atoms. The van der Waals surface area contributed by atoms with Crippen molar-refractivity contribution in [1.82, 2.24) is 21.3 Å². The summed E-state index contributed by atoms with van der Waals surface area (Å²) in [6.45, 7) is 36.4. The van der Waals surface area contributed by atoms with Crippen LogP contribution in [0.25, 0.3) is 0 Å². The summed E-state index contributed by atoms with van der Waals surface area (Å²) in [5.74, 6) is 6.06. The predicted molar refractivity (Wildman–Crippen MR) is 567 cm³/mol. The normalized spacial score (nSPS) is 10.5. The van der Waals surface area contributed by atoms with Gasteiger partial charge in [-0.25, -0.2) is 32.3 Å². The van der Waals surface area contributed by atoms with Crippen molar-refractivity contribution in [3.63, 3.8) is 0 Å². The molecular weight excluding hydrogens is 1860 g/mol. The van der Waals surface area contributed by atoms with Crippen molar-refractivity contribution in [1.29, 1.82) is 0 Å². The van der Waals surface area contributed by atoms with Gasteiger partial charge in [-0.3, -0.25) is 0 Å². The number of ether oxygens (including phenoxy) is 8. The molecule has 0 unspecified atom stereocenters. The number of nitrogens with one attached hydrogen (secondary N) is 10.